The highest BCUT2D eigenvalue weighted by molar-refractivity contribution is 5.39. The molecule has 0 bridgehead atoms. The zero-order valence-corrected chi connectivity index (χ0v) is 8.55. The minimum absolute atomic E-state index is 0.185. The molecule has 0 radical (unpaired) electrons. The van der Waals surface area contributed by atoms with Crippen molar-refractivity contribution in [3.8, 4) is 5.75 Å². The summed E-state index contributed by atoms with van der Waals surface area (Å²) in [5.74, 6) is 0.472. The van der Waals surface area contributed by atoms with Gasteiger partial charge >= 0.3 is 6.61 Å². The van der Waals surface area contributed by atoms with Crippen LogP contribution < -0.4 is 4.74 Å². The van der Waals surface area contributed by atoms with Crippen LogP contribution in [0.2, 0.25) is 0 Å². The van der Waals surface area contributed by atoms with E-state index in [1.54, 1.807) is 6.07 Å². The number of halogens is 2. The van der Waals surface area contributed by atoms with Gasteiger partial charge in [0, 0.05) is 0 Å². The standard InChI is InChI=1S/C11H14F2O/c1-7(2)9-5-4-8(3)6-10(9)14-11(12)13/h4-7,11H,1-3H3. The fourth-order valence-corrected chi connectivity index (χ4v) is 1.32. The molecule has 0 heterocycles. The second-order valence-corrected chi connectivity index (χ2v) is 3.57. The second kappa shape index (κ2) is 4.40. The van der Waals surface area contributed by atoms with Crippen molar-refractivity contribution in [2.24, 2.45) is 0 Å². The van der Waals surface area contributed by atoms with Gasteiger partial charge in [-0.1, -0.05) is 26.0 Å². The number of ether oxygens (including phenoxy) is 1. The molecule has 1 aromatic rings. The Balaban J connectivity index is 3.03. The number of alkyl halides is 2. The lowest BCUT2D eigenvalue weighted by atomic mass is 10.0. The van der Waals surface area contributed by atoms with Gasteiger partial charge in [0.25, 0.3) is 0 Å². The van der Waals surface area contributed by atoms with Crippen molar-refractivity contribution in [1.29, 1.82) is 0 Å². The highest BCUT2D eigenvalue weighted by atomic mass is 19.3. The normalized spacial score (nSPS) is 11.1. The zero-order chi connectivity index (χ0) is 10.7. The molecule has 0 N–H and O–H groups in total. The van der Waals surface area contributed by atoms with Gasteiger partial charge in [-0.05, 0) is 30.0 Å². The van der Waals surface area contributed by atoms with Crippen molar-refractivity contribution >= 4 is 0 Å². The van der Waals surface area contributed by atoms with Gasteiger partial charge in [0.05, 0.1) is 0 Å². The molecule has 0 fully saturated rings. The van der Waals surface area contributed by atoms with Crippen LogP contribution in [0.15, 0.2) is 18.2 Å². The predicted molar refractivity (Wildman–Crippen MR) is 51.9 cm³/mol. The maximum absolute atomic E-state index is 12.1. The van der Waals surface area contributed by atoms with E-state index in [-0.39, 0.29) is 11.7 Å². The maximum atomic E-state index is 12.1. The quantitative estimate of drug-likeness (QED) is 0.722. The minimum atomic E-state index is -2.76. The third-order valence-electron chi connectivity index (χ3n) is 2.01. The van der Waals surface area contributed by atoms with E-state index in [1.165, 1.54) is 0 Å². The molecule has 0 saturated carbocycles. The Hall–Kier alpha value is -1.12. The topological polar surface area (TPSA) is 9.23 Å². The average molecular weight is 200 g/mol. The Morgan fingerprint density at radius 3 is 2.36 bits per heavy atom. The molecule has 3 heteroatoms. The summed E-state index contributed by atoms with van der Waals surface area (Å²) in [6.07, 6.45) is 0. The number of hydrogen-bond acceptors (Lipinski definition) is 1. The second-order valence-electron chi connectivity index (χ2n) is 3.57. The van der Waals surface area contributed by atoms with E-state index in [2.05, 4.69) is 4.74 Å². The maximum Gasteiger partial charge on any atom is 0.387 e. The highest BCUT2D eigenvalue weighted by Crippen LogP contribution is 2.28. The lowest BCUT2D eigenvalue weighted by Gasteiger charge is -2.13. The van der Waals surface area contributed by atoms with Crippen LogP contribution in [0, 0.1) is 6.92 Å². The van der Waals surface area contributed by atoms with Crippen molar-refractivity contribution in [3.63, 3.8) is 0 Å². The van der Waals surface area contributed by atoms with Crippen LogP contribution in [0.5, 0.6) is 5.75 Å². The van der Waals surface area contributed by atoms with Gasteiger partial charge in [-0.2, -0.15) is 8.78 Å². The molecular formula is C11H14F2O. The lowest BCUT2D eigenvalue weighted by molar-refractivity contribution is -0.0505. The molecule has 0 atom stereocenters. The van der Waals surface area contributed by atoms with Crippen LogP contribution >= 0.6 is 0 Å². The first-order valence-electron chi connectivity index (χ1n) is 4.56. The van der Waals surface area contributed by atoms with E-state index in [4.69, 9.17) is 0 Å². The molecule has 1 aromatic carbocycles. The number of hydrogen-bond donors (Lipinski definition) is 0. The Bertz CT molecular complexity index is 308. The number of rotatable bonds is 3. The van der Waals surface area contributed by atoms with Crippen molar-refractivity contribution in [2.45, 2.75) is 33.3 Å². The molecule has 0 spiro atoms. The SMILES string of the molecule is Cc1ccc(C(C)C)c(OC(F)F)c1. The van der Waals surface area contributed by atoms with Gasteiger partial charge in [-0.3, -0.25) is 0 Å². The summed E-state index contributed by atoms with van der Waals surface area (Å²) >= 11 is 0. The van der Waals surface area contributed by atoms with Gasteiger partial charge in [0.1, 0.15) is 5.75 Å². The smallest absolute Gasteiger partial charge is 0.387 e. The third kappa shape index (κ3) is 2.69. The summed E-state index contributed by atoms with van der Waals surface area (Å²) in [5, 5.41) is 0. The molecular weight excluding hydrogens is 186 g/mol. The molecule has 0 aliphatic heterocycles. The molecule has 0 aromatic heterocycles. The molecule has 0 aliphatic rings. The molecule has 1 nitrogen and oxygen atoms in total. The molecule has 1 rings (SSSR count). The van der Waals surface area contributed by atoms with Crippen LogP contribution in [0.4, 0.5) is 8.78 Å². The monoisotopic (exact) mass is 200 g/mol. The fourth-order valence-electron chi connectivity index (χ4n) is 1.32. The van der Waals surface area contributed by atoms with E-state index in [9.17, 15) is 8.78 Å². The van der Waals surface area contributed by atoms with Crippen LogP contribution in [-0.2, 0) is 0 Å². The van der Waals surface area contributed by atoms with Crippen LogP contribution in [0.3, 0.4) is 0 Å². The predicted octanol–water partition coefficient (Wildman–Crippen LogP) is 3.72. The van der Waals surface area contributed by atoms with Crippen molar-refractivity contribution < 1.29 is 13.5 Å². The van der Waals surface area contributed by atoms with Crippen molar-refractivity contribution in [3.05, 3.63) is 29.3 Å². The van der Waals surface area contributed by atoms with Crippen LogP contribution in [0.25, 0.3) is 0 Å². The van der Waals surface area contributed by atoms with Gasteiger partial charge in [0.15, 0.2) is 0 Å². The summed E-state index contributed by atoms with van der Waals surface area (Å²) in [7, 11) is 0. The number of benzene rings is 1. The summed E-state index contributed by atoms with van der Waals surface area (Å²) < 4.78 is 28.6. The molecule has 0 amide bonds. The van der Waals surface area contributed by atoms with Crippen LogP contribution in [0.1, 0.15) is 30.9 Å². The van der Waals surface area contributed by atoms with Gasteiger partial charge in [0.2, 0.25) is 0 Å². The Morgan fingerprint density at radius 2 is 1.86 bits per heavy atom. The molecule has 0 saturated heterocycles. The van der Waals surface area contributed by atoms with E-state index in [1.807, 2.05) is 32.9 Å². The van der Waals surface area contributed by atoms with Crippen molar-refractivity contribution in [2.75, 3.05) is 0 Å². The molecule has 0 aliphatic carbocycles. The molecule has 78 valence electrons. The first-order valence-corrected chi connectivity index (χ1v) is 4.56. The summed E-state index contributed by atoms with van der Waals surface area (Å²) in [6.45, 7) is 2.99. The lowest BCUT2D eigenvalue weighted by Crippen LogP contribution is -2.05. The van der Waals surface area contributed by atoms with Crippen LogP contribution in [-0.4, -0.2) is 6.61 Å². The average Bonchev–Trinajstić information content (AvgIpc) is 2.01. The molecule has 14 heavy (non-hydrogen) atoms. The van der Waals surface area contributed by atoms with E-state index in [0.717, 1.165) is 11.1 Å². The van der Waals surface area contributed by atoms with Gasteiger partial charge in [-0.25, -0.2) is 0 Å². The largest absolute Gasteiger partial charge is 0.435 e. The first kappa shape index (κ1) is 11.0. The highest BCUT2D eigenvalue weighted by Gasteiger charge is 2.11. The van der Waals surface area contributed by atoms with E-state index in [0.29, 0.717) is 0 Å². The van der Waals surface area contributed by atoms with Gasteiger partial charge < -0.3 is 4.74 Å². The summed E-state index contributed by atoms with van der Waals surface area (Å²) in [4.78, 5) is 0. The van der Waals surface area contributed by atoms with E-state index >= 15 is 0 Å². The minimum Gasteiger partial charge on any atom is -0.435 e. The van der Waals surface area contributed by atoms with Gasteiger partial charge in [-0.15, -0.1) is 0 Å². The third-order valence-corrected chi connectivity index (χ3v) is 2.01. The van der Waals surface area contributed by atoms with Crippen molar-refractivity contribution in [1.82, 2.24) is 0 Å². The fraction of sp³-hybridized carbons (Fsp3) is 0.455. The summed E-state index contributed by atoms with van der Waals surface area (Å²) in [6, 6.07) is 5.37. The summed E-state index contributed by atoms with van der Waals surface area (Å²) in [5.41, 5.74) is 1.74. The Kier molecular flexibility index (Phi) is 3.44. The van der Waals surface area contributed by atoms with E-state index < -0.39 is 6.61 Å². The first-order chi connectivity index (χ1) is 6.50. The zero-order valence-electron chi connectivity index (χ0n) is 8.55. The Morgan fingerprint density at radius 1 is 1.21 bits per heavy atom. The molecule has 0 unspecified atom stereocenters. The Labute approximate surface area is 82.7 Å². The number of aryl methyl sites for hydroxylation is 1.